The average Bonchev–Trinajstić information content (AvgIpc) is 2.70. The van der Waals surface area contributed by atoms with Crippen LogP contribution in [-0.2, 0) is 5.54 Å². The maximum absolute atomic E-state index is 6.04. The molecular weight excluding hydrogens is 170 g/mol. The first-order valence-electron chi connectivity index (χ1n) is 4.07. The fraction of sp³-hybridized carbons (Fsp3) is 0.400. The fourth-order valence-corrected chi connectivity index (χ4v) is 1.38. The number of nitrogens with two attached hydrogens (primary N) is 1. The minimum absolute atomic E-state index is 0. The first kappa shape index (κ1) is 9.56. The molecule has 0 aliphatic heterocycles. The summed E-state index contributed by atoms with van der Waals surface area (Å²) < 4.78 is 0. The van der Waals surface area contributed by atoms with Crippen molar-refractivity contribution in [2.45, 2.75) is 25.3 Å². The van der Waals surface area contributed by atoms with Crippen LogP contribution in [0.4, 0.5) is 0 Å². The van der Waals surface area contributed by atoms with Gasteiger partial charge < -0.3 is 5.73 Å². The smallest absolute Gasteiger partial charge is 0.0411 e. The lowest BCUT2D eigenvalue weighted by Crippen LogP contribution is -2.18. The zero-order valence-corrected chi connectivity index (χ0v) is 8.03. The summed E-state index contributed by atoms with van der Waals surface area (Å²) >= 11 is 0. The Kier molecular flexibility index (Phi) is 2.45. The van der Waals surface area contributed by atoms with Crippen LogP contribution in [0.5, 0.6) is 0 Å². The summed E-state index contributed by atoms with van der Waals surface area (Å²) in [5, 5.41) is 0. The highest BCUT2D eigenvalue weighted by atomic mass is 35.5. The lowest BCUT2D eigenvalue weighted by atomic mass is 10.0. The van der Waals surface area contributed by atoms with E-state index in [4.69, 9.17) is 5.73 Å². The average molecular weight is 184 g/mol. The predicted molar refractivity (Wildman–Crippen MR) is 53.5 cm³/mol. The molecule has 0 bridgehead atoms. The number of rotatable bonds is 1. The minimum atomic E-state index is 0. The summed E-state index contributed by atoms with van der Waals surface area (Å²) in [6.45, 7) is 2.11. The Morgan fingerprint density at radius 2 is 2.00 bits per heavy atom. The molecule has 2 heteroatoms. The maximum atomic E-state index is 6.04. The first-order chi connectivity index (χ1) is 5.21. The summed E-state index contributed by atoms with van der Waals surface area (Å²) in [6.07, 6.45) is 2.30. The molecule has 0 atom stereocenters. The summed E-state index contributed by atoms with van der Waals surface area (Å²) in [6, 6.07) is 8.50. The highest BCUT2D eigenvalue weighted by molar-refractivity contribution is 5.85. The number of aryl methyl sites for hydroxylation is 1. The van der Waals surface area contributed by atoms with Crippen LogP contribution in [0.15, 0.2) is 24.3 Å². The maximum Gasteiger partial charge on any atom is 0.0411 e. The third kappa shape index (κ3) is 1.62. The van der Waals surface area contributed by atoms with Gasteiger partial charge in [-0.15, -0.1) is 12.4 Å². The molecule has 12 heavy (non-hydrogen) atoms. The Balaban J connectivity index is 0.000000720. The van der Waals surface area contributed by atoms with Crippen molar-refractivity contribution < 1.29 is 0 Å². The SMILES string of the molecule is Cc1cccc(C2(N)CC2)c1.Cl. The minimum Gasteiger partial charge on any atom is -0.321 e. The molecule has 1 saturated carbocycles. The van der Waals surface area contributed by atoms with Crippen molar-refractivity contribution in [2.24, 2.45) is 5.73 Å². The molecule has 1 aliphatic carbocycles. The van der Waals surface area contributed by atoms with Gasteiger partial charge in [0.25, 0.3) is 0 Å². The van der Waals surface area contributed by atoms with Gasteiger partial charge in [0.15, 0.2) is 0 Å². The Hall–Kier alpha value is -0.530. The monoisotopic (exact) mass is 183 g/mol. The molecule has 0 spiro atoms. The lowest BCUT2D eigenvalue weighted by Gasteiger charge is -2.08. The molecule has 1 nitrogen and oxygen atoms in total. The van der Waals surface area contributed by atoms with Crippen LogP contribution in [0.2, 0.25) is 0 Å². The molecule has 1 fully saturated rings. The van der Waals surface area contributed by atoms with Crippen molar-refractivity contribution in [3.05, 3.63) is 35.4 Å². The third-order valence-electron chi connectivity index (χ3n) is 2.38. The Bertz CT molecular complexity index is 279. The summed E-state index contributed by atoms with van der Waals surface area (Å²) in [7, 11) is 0. The number of benzene rings is 1. The van der Waals surface area contributed by atoms with Gasteiger partial charge in [0.05, 0.1) is 0 Å². The molecule has 2 rings (SSSR count). The highest BCUT2D eigenvalue weighted by Gasteiger charge is 2.39. The van der Waals surface area contributed by atoms with E-state index in [2.05, 4.69) is 31.2 Å². The van der Waals surface area contributed by atoms with Crippen molar-refractivity contribution in [2.75, 3.05) is 0 Å². The molecule has 1 aromatic rings. The van der Waals surface area contributed by atoms with Crippen molar-refractivity contribution in [1.29, 1.82) is 0 Å². The van der Waals surface area contributed by atoms with Crippen LogP contribution in [0.1, 0.15) is 24.0 Å². The summed E-state index contributed by atoms with van der Waals surface area (Å²) in [5.74, 6) is 0. The second kappa shape index (κ2) is 3.08. The standard InChI is InChI=1S/C10H13N.ClH/c1-8-3-2-4-9(7-8)10(11)5-6-10;/h2-4,7H,5-6,11H2,1H3;1H. The zero-order chi connectivity index (χ0) is 7.90. The summed E-state index contributed by atoms with van der Waals surface area (Å²) in [5.41, 5.74) is 8.68. The van der Waals surface area contributed by atoms with Crippen molar-refractivity contribution in [3.8, 4) is 0 Å². The second-order valence-corrected chi connectivity index (χ2v) is 3.53. The van der Waals surface area contributed by atoms with E-state index < -0.39 is 0 Å². The molecule has 0 aromatic heterocycles. The number of halogens is 1. The topological polar surface area (TPSA) is 26.0 Å². The number of hydrogen-bond donors (Lipinski definition) is 1. The molecule has 1 aromatic carbocycles. The molecule has 0 radical (unpaired) electrons. The van der Waals surface area contributed by atoms with E-state index in [-0.39, 0.29) is 17.9 Å². The molecule has 0 amide bonds. The highest BCUT2D eigenvalue weighted by Crippen LogP contribution is 2.42. The molecule has 66 valence electrons. The molecule has 2 N–H and O–H groups in total. The molecule has 1 aliphatic rings. The van der Waals surface area contributed by atoms with E-state index in [1.807, 2.05) is 0 Å². The van der Waals surface area contributed by atoms with E-state index in [1.165, 1.54) is 11.1 Å². The zero-order valence-electron chi connectivity index (χ0n) is 7.21. The van der Waals surface area contributed by atoms with Crippen LogP contribution < -0.4 is 5.73 Å². The van der Waals surface area contributed by atoms with Crippen LogP contribution in [-0.4, -0.2) is 0 Å². The van der Waals surface area contributed by atoms with Crippen LogP contribution >= 0.6 is 12.4 Å². The summed E-state index contributed by atoms with van der Waals surface area (Å²) in [4.78, 5) is 0. The Morgan fingerprint density at radius 3 is 2.50 bits per heavy atom. The first-order valence-corrected chi connectivity index (χ1v) is 4.07. The van der Waals surface area contributed by atoms with Gasteiger partial charge in [-0.05, 0) is 25.3 Å². The molecule has 0 saturated heterocycles. The Morgan fingerprint density at radius 1 is 1.33 bits per heavy atom. The van der Waals surface area contributed by atoms with Crippen LogP contribution in [0.3, 0.4) is 0 Å². The van der Waals surface area contributed by atoms with Gasteiger partial charge in [0.2, 0.25) is 0 Å². The van der Waals surface area contributed by atoms with Gasteiger partial charge in [-0.25, -0.2) is 0 Å². The van der Waals surface area contributed by atoms with E-state index in [9.17, 15) is 0 Å². The largest absolute Gasteiger partial charge is 0.321 e. The van der Waals surface area contributed by atoms with Gasteiger partial charge in [0, 0.05) is 5.54 Å². The van der Waals surface area contributed by atoms with E-state index in [1.54, 1.807) is 0 Å². The van der Waals surface area contributed by atoms with Gasteiger partial charge in [-0.1, -0.05) is 29.8 Å². The van der Waals surface area contributed by atoms with Crippen LogP contribution in [0, 0.1) is 6.92 Å². The van der Waals surface area contributed by atoms with Gasteiger partial charge in [-0.3, -0.25) is 0 Å². The predicted octanol–water partition coefficient (Wildman–Crippen LogP) is 2.36. The quantitative estimate of drug-likeness (QED) is 0.711. The lowest BCUT2D eigenvalue weighted by molar-refractivity contribution is 0.739. The van der Waals surface area contributed by atoms with Crippen LogP contribution in [0.25, 0.3) is 0 Å². The van der Waals surface area contributed by atoms with Crippen molar-refractivity contribution in [1.82, 2.24) is 0 Å². The van der Waals surface area contributed by atoms with Gasteiger partial charge in [-0.2, -0.15) is 0 Å². The van der Waals surface area contributed by atoms with E-state index in [0.29, 0.717) is 0 Å². The molecule has 0 heterocycles. The van der Waals surface area contributed by atoms with Crippen molar-refractivity contribution >= 4 is 12.4 Å². The number of hydrogen-bond acceptors (Lipinski definition) is 1. The van der Waals surface area contributed by atoms with E-state index in [0.717, 1.165) is 12.8 Å². The Labute approximate surface area is 79.4 Å². The third-order valence-corrected chi connectivity index (χ3v) is 2.38. The normalized spacial score (nSPS) is 18.2. The molecule has 0 unspecified atom stereocenters. The van der Waals surface area contributed by atoms with Crippen molar-refractivity contribution in [3.63, 3.8) is 0 Å². The second-order valence-electron chi connectivity index (χ2n) is 3.53. The fourth-order valence-electron chi connectivity index (χ4n) is 1.38. The van der Waals surface area contributed by atoms with E-state index >= 15 is 0 Å². The molecular formula is C10H14ClN. The van der Waals surface area contributed by atoms with Gasteiger partial charge >= 0.3 is 0 Å². The van der Waals surface area contributed by atoms with Gasteiger partial charge in [0.1, 0.15) is 0 Å².